The van der Waals surface area contributed by atoms with Gasteiger partial charge in [-0.2, -0.15) is 17.2 Å². The Kier molecular flexibility index (Phi) is 5.76. The van der Waals surface area contributed by atoms with E-state index < -0.39 is 45.8 Å². The van der Waals surface area contributed by atoms with Crippen molar-refractivity contribution >= 4 is 22.1 Å². The van der Waals surface area contributed by atoms with Gasteiger partial charge in [-0.05, 0) is 12.8 Å². The maximum Gasteiger partial charge on any atom is 0.402 e. The normalized spacial score (nSPS) is 27.4. The first-order chi connectivity index (χ1) is 11.1. The number of hydrogen-bond acceptors (Lipinski definition) is 7. The predicted octanol–water partition coefficient (Wildman–Crippen LogP) is 0.759. The Labute approximate surface area is 137 Å². The summed E-state index contributed by atoms with van der Waals surface area (Å²) in [6.07, 6.45) is 1.72. The van der Waals surface area contributed by atoms with Gasteiger partial charge in [0.2, 0.25) is 0 Å². The summed E-state index contributed by atoms with van der Waals surface area (Å²) >= 11 is 0. The Morgan fingerprint density at radius 1 is 1.12 bits per heavy atom. The van der Waals surface area contributed by atoms with Crippen molar-refractivity contribution in [3.05, 3.63) is 0 Å². The van der Waals surface area contributed by atoms with E-state index in [-0.39, 0.29) is 19.1 Å². The molecule has 138 valence electrons. The molecule has 1 aliphatic heterocycles. The van der Waals surface area contributed by atoms with Crippen LogP contribution >= 0.6 is 0 Å². The third kappa shape index (κ3) is 4.84. The zero-order chi connectivity index (χ0) is 18.0. The monoisotopic (exact) mass is 372 g/mol. The molecule has 0 bridgehead atoms. The van der Waals surface area contributed by atoms with Crippen LogP contribution in [0.5, 0.6) is 0 Å². The highest BCUT2D eigenvalue weighted by atomic mass is 32.2. The first-order valence-electron chi connectivity index (χ1n) is 7.41. The van der Waals surface area contributed by atoms with Crippen molar-refractivity contribution in [3.8, 4) is 0 Å². The van der Waals surface area contributed by atoms with E-state index in [1.807, 2.05) is 0 Å². The fourth-order valence-corrected chi connectivity index (χ4v) is 2.69. The highest BCUT2D eigenvalue weighted by molar-refractivity contribution is 7.86. The molecule has 2 rings (SSSR count). The summed E-state index contributed by atoms with van der Waals surface area (Å²) < 4.78 is 69.9. The van der Waals surface area contributed by atoms with Crippen LogP contribution in [0.3, 0.4) is 0 Å². The van der Waals surface area contributed by atoms with Crippen LogP contribution in [-0.2, 0) is 33.9 Å². The van der Waals surface area contributed by atoms with Crippen molar-refractivity contribution in [1.82, 2.24) is 0 Å². The standard InChI is InChI=1S/C13H18F2O8S/c14-13(15,24(18,19)20)7-23-12(17)10-4-2-1-3-9(10)11(16)22-6-8-5-21-8/h8-10H,1-7H2,(H,18,19,20). The number of halogens is 2. The Morgan fingerprint density at radius 3 is 2.08 bits per heavy atom. The van der Waals surface area contributed by atoms with Gasteiger partial charge in [0.25, 0.3) is 0 Å². The third-order valence-corrected chi connectivity index (χ3v) is 4.82. The minimum atomic E-state index is -5.69. The number of carbonyl (C=O) groups excluding carboxylic acids is 2. The number of alkyl halides is 2. The lowest BCUT2D eigenvalue weighted by Gasteiger charge is -2.28. The van der Waals surface area contributed by atoms with Crippen molar-refractivity contribution in [2.24, 2.45) is 11.8 Å². The molecule has 0 aromatic rings. The van der Waals surface area contributed by atoms with Crippen molar-refractivity contribution in [1.29, 1.82) is 0 Å². The van der Waals surface area contributed by atoms with Crippen molar-refractivity contribution < 1.29 is 45.6 Å². The highest BCUT2D eigenvalue weighted by Gasteiger charge is 2.47. The number of carbonyl (C=O) groups is 2. The van der Waals surface area contributed by atoms with E-state index in [9.17, 15) is 26.8 Å². The second-order valence-corrected chi connectivity index (χ2v) is 7.35. The zero-order valence-corrected chi connectivity index (χ0v) is 13.5. The summed E-state index contributed by atoms with van der Waals surface area (Å²) in [4.78, 5) is 24.0. The van der Waals surface area contributed by atoms with E-state index in [0.717, 1.165) is 0 Å². The van der Waals surface area contributed by atoms with Gasteiger partial charge in [-0.25, -0.2) is 0 Å². The molecular formula is C13H18F2O8S. The lowest BCUT2D eigenvalue weighted by Crippen LogP contribution is -2.39. The third-order valence-electron chi connectivity index (χ3n) is 3.95. The van der Waals surface area contributed by atoms with Gasteiger partial charge in [-0.1, -0.05) is 12.8 Å². The molecular weight excluding hydrogens is 354 g/mol. The molecule has 8 nitrogen and oxygen atoms in total. The van der Waals surface area contributed by atoms with Crippen LogP contribution in [0.1, 0.15) is 25.7 Å². The van der Waals surface area contributed by atoms with Crippen molar-refractivity contribution in [2.75, 3.05) is 19.8 Å². The van der Waals surface area contributed by atoms with E-state index in [1.165, 1.54) is 0 Å². The summed E-state index contributed by atoms with van der Waals surface area (Å²) in [5, 5.41) is -4.60. The minimum Gasteiger partial charge on any atom is -0.463 e. The van der Waals surface area contributed by atoms with Crippen LogP contribution in [0.25, 0.3) is 0 Å². The first-order valence-corrected chi connectivity index (χ1v) is 8.85. The molecule has 3 atom stereocenters. The van der Waals surface area contributed by atoms with Gasteiger partial charge in [0.1, 0.15) is 12.7 Å². The highest BCUT2D eigenvalue weighted by Crippen LogP contribution is 2.33. The number of ether oxygens (including phenoxy) is 3. The van der Waals surface area contributed by atoms with Crippen LogP contribution in [0.2, 0.25) is 0 Å². The quantitative estimate of drug-likeness (QED) is 0.395. The summed E-state index contributed by atoms with van der Waals surface area (Å²) in [5.74, 6) is -3.55. The summed E-state index contributed by atoms with van der Waals surface area (Å²) in [6, 6.07) is 0. The molecule has 11 heteroatoms. The molecule has 0 spiro atoms. The maximum absolute atomic E-state index is 13.1. The SMILES string of the molecule is O=C(OCC1CO1)C1CCCCC1C(=O)OCC(F)(F)S(=O)(=O)O. The number of rotatable bonds is 7. The molecule has 3 unspecified atom stereocenters. The van der Waals surface area contributed by atoms with Crippen LogP contribution < -0.4 is 0 Å². The lowest BCUT2D eigenvalue weighted by molar-refractivity contribution is -0.166. The summed E-state index contributed by atoms with van der Waals surface area (Å²) in [6.45, 7) is -1.25. The van der Waals surface area contributed by atoms with Crippen LogP contribution in [0.4, 0.5) is 8.78 Å². The molecule has 2 fully saturated rings. The molecule has 1 saturated carbocycles. The second-order valence-electron chi connectivity index (χ2n) is 5.80. The molecule has 0 amide bonds. The van der Waals surface area contributed by atoms with E-state index in [2.05, 4.69) is 4.74 Å². The van der Waals surface area contributed by atoms with Crippen LogP contribution in [0.15, 0.2) is 0 Å². The Morgan fingerprint density at radius 2 is 1.62 bits per heavy atom. The smallest absolute Gasteiger partial charge is 0.402 e. The zero-order valence-electron chi connectivity index (χ0n) is 12.7. The van der Waals surface area contributed by atoms with E-state index in [1.54, 1.807) is 0 Å². The molecule has 0 aromatic heterocycles. The largest absolute Gasteiger partial charge is 0.463 e. The molecule has 1 heterocycles. The summed E-state index contributed by atoms with van der Waals surface area (Å²) in [5.41, 5.74) is 0. The van der Waals surface area contributed by atoms with Gasteiger partial charge in [-0.3, -0.25) is 14.1 Å². The first kappa shape index (κ1) is 19.0. The average Bonchev–Trinajstić information content (AvgIpc) is 3.33. The molecule has 24 heavy (non-hydrogen) atoms. The van der Waals surface area contributed by atoms with Gasteiger partial charge in [-0.15, -0.1) is 0 Å². The number of hydrogen-bond donors (Lipinski definition) is 1. The van der Waals surface area contributed by atoms with E-state index in [4.69, 9.17) is 14.0 Å². The van der Waals surface area contributed by atoms with Crippen LogP contribution in [-0.4, -0.2) is 56.1 Å². The van der Waals surface area contributed by atoms with Crippen molar-refractivity contribution in [3.63, 3.8) is 0 Å². The van der Waals surface area contributed by atoms with Gasteiger partial charge in [0.05, 0.1) is 18.4 Å². The molecule has 0 aromatic carbocycles. The predicted molar refractivity (Wildman–Crippen MR) is 73.6 cm³/mol. The molecule has 2 aliphatic rings. The topological polar surface area (TPSA) is 119 Å². The van der Waals surface area contributed by atoms with Crippen LogP contribution in [0, 0.1) is 11.8 Å². The Hall–Kier alpha value is -1.33. The minimum absolute atomic E-state index is 0.0674. The van der Waals surface area contributed by atoms with Gasteiger partial charge in [0.15, 0.2) is 6.61 Å². The Balaban J connectivity index is 1.93. The molecule has 1 N–H and O–H groups in total. The molecule has 1 aliphatic carbocycles. The number of epoxide rings is 1. The van der Waals surface area contributed by atoms with Gasteiger partial charge < -0.3 is 14.2 Å². The fourth-order valence-electron chi connectivity index (χ4n) is 2.48. The van der Waals surface area contributed by atoms with Crippen molar-refractivity contribution in [2.45, 2.75) is 37.0 Å². The summed E-state index contributed by atoms with van der Waals surface area (Å²) in [7, 11) is -5.69. The molecule has 0 radical (unpaired) electrons. The Bertz CT molecular complexity index is 587. The van der Waals surface area contributed by atoms with E-state index >= 15 is 0 Å². The van der Waals surface area contributed by atoms with E-state index in [0.29, 0.717) is 25.9 Å². The van der Waals surface area contributed by atoms with Gasteiger partial charge >= 0.3 is 27.3 Å². The molecule has 1 saturated heterocycles. The lowest BCUT2D eigenvalue weighted by atomic mass is 9.79. The average molecular weight is 372 g/mol. The number of esters is 2. The van der Waals surface area contributed by atoms with Gasteiger partial charge in [0, 0.05) is 0 Å². The fraction of sp³-hybridized carbons (Fsp3) is 0.846. The second kappa shape index (κ2) is 7.28. The maximum atomic E-state index is 13.1.